The molecule has 0 fully saturated rings. The second kappa shape index (κ2) is 9.51. The quantitative estimate of drug-likeness (QED) is 0.105. The lowest BCUT2D eigenvalue weighted by molar-refractivity contribution is -0.417. The van der Waals surface area contributed by atoms with Crippen LogP contribution in [0.1, 0.15) is 45.4 Å². The second-order valence-corrected chi connectivity index (χ2v) is 10.0. The van der Waals surface area contributed by atoms with Crippen LogP contribution in [0.3, 0.4) is 0 Å². The number of alkyl halides is 13. The molecule has 31 heavy (non-hydrogen) atoms. The third-order valence-electron chi connectivity index (χ3n) is 4.26. The molecule has 0 amide bonds. The third-order valence-corrected chi connectivity index (χ3v) is 6.45. The van der Waals surface area contributed by atoms with Gasteiger partial charge in [-0.05, 0) is 18.0 Å². The Kier molecular flexibility index (Phi) is 9.42. The number of hydrogen-bond acceptors (Lipinski definition) is 2. The molecule has 0 saturated heterocycles. The Balaban J connectivity index is 6.13. The van der Waals surface area contributed by atoms with Crippen LogP contribution in [0.25, 0.3) is 0 Å². The van der Waals surface area contributed by atoms with Crippen LogP contribution in [0.5, 0.6) is 0 Å². The van der Waals surface area contributed by atoms with Gasteiger partial charge in [0.2, 0.25) is 9.05 Å². The fraction of sp³-hybridized carbons (Fsp3) is 1.00. The summed E-state index contributed by atoms with van der Waals surface area (Å²) < 4.78 is 183. The Morgan fingerprint density at radius 2 is 1.13 bits per heavy atom. The molecule has 0 aliphatic carbocycles. The maximum absolute atomic E-state index is 13.9. The van der Waals surface area contributed by atoms with Crippen molar-refractivity contribution in [3.63, 3.8) is 0 Å². The fourth-order valence-electron chi connectivity index (χ4n) is 2.36. The molecule has 0 heterocycles. The zero-order chi connectivity index (χ0) is 25.3. The maximum atomic E-state index is 13.9. The Bertz CT molecular complexity index is 707. The highest BCUT2D eigenvalue weighted by Crippen LogP contribution is 2.61. The minimum Gasteiger partial charge on any atom is -0.212 e. The number of unbranched alkanes of at least 4 members (excludes halogenated alkanes) is 3. The summed E-state index contributed by atoms with van der Waals surface area (Å²) in [5, 5.41) is -9.20. The van der Waals surface area contributed by atoms with Gasteiger partial charge in [0, 0.05) is 17.1 Å². The van der Waals surface area contributed by atoms with Gasteiger partial charge in [-0.1, -0.05) is 32.6 Å². The number of halogens is 14. The fourth-order valence-corrected chi connectivity index (χ4v) is 3.79. The molecule has 0 bridgehead atoms. The van der Waals surface area contributed by atoms with Crippen molar-refractivity contribution in [2.45, 2.75) is 85.7 Å². The van der Waals surface area contributed by atoms with Gasteiger partial charge in [-0.25, -0.2) is 8.42 Å². The van der Waals surface area contributed by atoms with Gasteiger partial charge >= 0.3 is 35.0 Å². The molecule has 188 valence electrons. The lowest BCUT2D eigenvalue weighted by Gasteiger charge is -2.40. The van der Waals surface area contributed by atoms with E-state index in [0.29, 0.717) is 12.8 Å². The van der Waals surface area contributed by atoms with E-state index in [1.165, 1.54) is 0 Å². The molecular formula is C14H16Cl2F12O2S. The van der Waals surface area contributed by atoms with E-state index in [4.69, 9.17) is 10.7 Å². The second-order valence-electron chi connectivity index (χ2n) is 6.65. The first-order valence-corrected chi connectivity index (χ1v) is 11.1. The third kappa shape index (κ3) is 5.98. The van der Waals surface area contributed by atoms with Crippen LogP contribution in [0.4, 0.5) is 52.7 Å². The highest BCUT2D eigenvalue weighted by atomic mass is 35.7. The van der Waals surface area contributed by atoms with Crippen molar-refractivity contribution in [1.29, 1.82) is 0 Å². The Labute approximate surface area is 178 Å². The minimum atomic E-state index is -7.80. The Hall–Kier alpha value is -0.310. The zero-order valence-corrected chi connectivity index (χ0v) is 17.7. The van der Waals surface area contributed by atoms with Crippen molar-refractivity contribution in [2.24, 2.45) is 0 Å². The molecule has 0 N–H and O–H groups in total. The summed E-state index contributed by atoms with van der Waals surface area (Å²) in [6.07, 6.45) is -2.73. The molecule has 0 radical (unpaired) electrons. The molecule has 0 aromatic rings. The standard InChI is InChI=1S/C14H16Cl2F12O2S/c1-2-3-4-5-6-8(31(16,29)30)7-9(17,18)10(19,20)11(21,22)12(23,24)13(25,26)14(15,27)28/h8H,2-7H2,1H3. The summed E-state index contributed by atoms with van der Waals surface area (Å²) in [6.45, 7) is 1.67. The van der Waals surface area contributed by atoms with E-state index in [1.54, 1.807) is 6.92 Å². The van der Waals surface area contributed by atoms with Crippen LogP contribution in [0.2, 0.25) is 0 Å². The predicted molar refractivity (Wildman–Crippen MR) is 87.5 cm³/mol. The van der Waals surface area contributed by atoms with E-state index in [0.717, 1.165) is 0 Å². The summed E-state index contributed by atoms with van der Waals surface area (Å²) in [5.74, 6) is -36.8. The predicted octanol–water partition coefficient (Wildman–Crippen LogP) is 7.29. The van der Waals surface area contributed by atoms with Crippen molar-refractivity contribution < 1.29 is 61.1 Å². The molecule has 2 nitrogen and oxygen atoms in total. The average molecular weight is 547 g/mol. The first-order chi connectivity index (χ1) is 13.4. The van der Waals surface area contributed by atoms with Gasteiger partial charge in [-0.15, -0.1) is 0 Å². The SMILES string of the molecule is CCCCCCC(CC(F)(F)C(F)(F)C(F)(F)C(F)(F)C(F)(F)C(F)(F)Cl)S(=O)(=O)Cl. The molecule has 0 aliphatic rings. The van der Waals surface area contributed by atoms with E-state index in [9.17, 15) is 61.1 Å². The first kappa shape index (κ1) is 30.7. The topological polar surface area (TPSA) is 34.1 Å². The van der Waals surface area contributed by atoms with Crippen LogP contribution >= 0.6 is 22.3 Å². The van der Waals surface area contributed by atoms with Crippen LogP contribution < -0.4 is 0 Å². The van der Waals surface area contributed by atoms with Crippen LogP contribution in [0, 0.1) is 0 Å². The van der Waals surface area contributed by atoms with E-state index >= 15 is 0 Å². The van der Waals surface area contributed by atoms with Gasteiger partial charge in [0.25, 0.3) is 0 Å². The van der Waals surface area contributed by atoms with Gasteiger partial charge in [0.15, 0.2) is 0 Å². The molecule has 0 rings (SSSR count). The van der Waals surface area contributed by atoms with Crippen molar-refractivity contribution in [2.75, 3.05) is 0 Å². The Morgan fingerprint density at radius 1 is 0.710 bits per heavy atom. The lowest BCUT2D eigenvalue weighted by Crippen LogP contribution is -2.70. The maximum Gasteiger partial charge on any atom is 0.393 e. The molecule has 0 aromatic carbocycles. The van der Waals surface area contributed by atoms with Crippen LogP contribution in [-0.4, -0.2) is 48.7 Å². The van der Waals surface area contributed by atoms with Gasteiger partial charge < -0.3 is 0 Å². The molecule has 0 aromatic heterocycles. The van der Waals surface area contributed by atoms with Crippen molar-refractivity contribution in [3.8, 4) is 0 Å². The van der Waals surface area contributed by atoms with E-state index in [1.807, 2.05) is 0 Å². The monoisotopic (exact) mass is 546 g/mol. The van der Waals surface area contributed by atoms with Gasteiger partial charge in [0.1, 0.15) is 0 Å². The minimum absolute atomic E-state index is 0.173. The molecule has 0 aliphatic heterocycles. The molecule has 0 spiro atoms. The van der Waals surface area contributed by atoms with Crippen molar-refractivity contribution in [3.05, 3.63) is 0 Å². The van der Waals surface area contributed by atoms with Crippen molar-refractivity contribution >= 4 is 31.3 Å². The summed E-state index contributed by atoms with van der Waals surface area (Å²) in [6, 6.07) is 0. The van der Waals surface area contributed by atoms with Gasteiger partial charge in [-0.2, -0.15) is 52.7 Å². The molecular weight excluding hydrogens is 531 g/mol. The van der Waals surface area contributed by atoms with Gasteiger partial charge in [0.05, 0.1) is 5.25 Å². The zero-order valence-electron chi connectivity index (χ0n) is 15.3. The smallest absolute Gasteiger partial charge is 0.212 e. The van der Waals surface area contributed by atoms with Crippen molar-refractivity contribution in [1.82, 2.24) is 0 Å². The Morgan fingerprint density at radius 3 is 1.48 bits per heavy atom. The average Bonchev–Trinajstić information content (AvgIpc) is 2.54. The normalized spacial score (nSPS) is 16.5. The van der Waals surface area contributed by atoms with E-state index in [2.05, 4.69) is 11.6 Å². The highest BCUT2D eigenvalue weighted by Gasteiger charge is 2.90. The number of rotatable bonds is 13. The molecule has 1 unspecified atom stereocenters. The lowest BCUT2D eigenvalue weighted by atomic mass is 9.91. The van der Waals surface area contributed by atoms with Crippen LogP contribution in [0.15, 0.2) is 0 Å². The molecule has 1 atom stereocenters. The van der Waals surface area contributed by atoms with E-state index in [-0.39, 0.29) is 12.8 Å². The van der Waals surface area contributed by atoms with E-state index < -0.39 is 62.1 Å². The summed E-state index contributed by atoms with van der Waals surface area (Å²) in [5.41, 5.74) is 0. The largest absolute Gasteiger partial charge is 0.393 e. The highest BCUT2D eigenvalue weighted by molar-refractivity contribution is 8.14. The molecule has 0 saturated carbocycles. The molecule has 17 heteroatoms. The summed E-state index contributed by atoms with van der Waals surface area (Å²) in [4.78, 5) is 0. The summed E-state index contributed by atoms with van der Waals surface area (Å²) >= 11 is 3.58. The van der Waals surface area contributed by atoms with Crippen LogP contribution in [-0.2, 0) is 9.05 Å². The first-order valence-electron chi connectivity index (χ1n) is 8.31. The number of hydrogen-bond donors (Lipinski definition) is 0. The summed E-state index contributed by atoms with van der Waals surface area (Å²) in [7, 11) is -0.314. The van der Waals surface area contributed by atoms with Gasteiger partial charge in [-0.3, -0.25) is 0 Å².